The summed E-state index contributed by atoms with van der Waals surface area (Å²) in [6.45, 7) is 1.50. The maximum Gasteiger partial charge on any atom is 0.275 e. The van der Waals surface area contributed by atoms with Gasteiger partial charge in [0.15, 0.2) is 0 Å². The van der Waals surface area contributed by atoms with E-state index < -0.39 is 0 Å². The first-order chi connectivity index (χ1) is 8.66. The molecule has 1 aromatic carbocycles. The van der Waals surface area contributed by atoms with E-state index in [9.17, 15) is 10.1 Å². The summed E-state index contributed by atoms with van der Waals surface area (Å²) in [5.74, 6) is 3.16. The van der Waals surface area contributed by atoms with Gasteiger partial charge in [-0.05, 0) is 42.5 Å². The van der Waals surface area contributed by atoms with E-state index in [1.807, 2.05) is 17.8 Å². The summed E-state index contributed by atoms with van der Waals surface area (Å²) in [6.07, 6.45) is 1.25. The van der Waals surface area contributed by atoms with Gasteiger partial charge in [-0.15, -0.1) is 0 Å². The molecule has 1 aliphatic heterocycles. The summed E-state index contributed by atoms with van der Waals surface area (Å²) < 4.78 is 0.741. The van der Waals surface area contributed by atoms with Crippen LogP contribution in [0.3, 0.4) is 0 Å². The maximum atomic E-state index is 10.9. The van der Waals surface area contributed by atoms with Gasteiger partial charge in [0.25, 0.3) is 5.69 Å². The monoisotopic (exact) mass is 330 g/mol. The van der Waals surface area contributed by atoms with E-state index in [4.69, 9.17) is 0 Å². The number of benzene rings is 1. The number of rotatable bonds is 5. The molecule has 0 saturated carbocycles. The third-order valence-corrected chi connectivity index (χ3v) is 4.74. The molecule has 4 nitrogen and oxygen atoms in total. The maximum absolute atomic E-state index is 10.9. The summed E-state index contributed by atoms with van der Waals surface area (Å²) in [4.78, 5) is 10.6. The predicted octanol–water partition coefficient (Wildman–Crippen LogP) is 3.20. The van der Waals surface area contributed by atoms with Crippen LogP contribution in [0.4, 0.5) is 5.69 Å². The fraction of sp³-hybridized carbons (Fsp3) is 0.500. The Labute approximate surface area is 119 Å². The van der Waals surface area contributed by atoms with Gasteiger partial charge in [-0.25, -0.2) is 0 Å². The molecule has 1 saturated heterocycles. The van der Waals surface area contributed by atoms with Gasteiger partial charge in [-0.3, -0.25) is 10.1 Å². The Morgan fingerprint density at radius 1 is 1.56 bits per heavy atom. The standard InChI is InChI=1S/C12H15BrN2O2S/c13-11-2-1-10(12(5-11)15(16)17)7-14-6-9-3-4-18-8-9/h1-2,5,9,14H,3-4,6-8H2. The van der Waals surface area contributed by atoms with Gasteiger partial charge in [0.05, 0.1) is 4.92 Å². The molecular weight excluding hydrogens is 316 g/mol. The van der Waals surface area contributed by atoms with Crippen LogP contribution in [-0.4, -0.2) is 23.0 Å². The first-order valence-electron chi connectivity index (χ1n) is 5.88. The minimum absolute atomic E-state index is 0.178. The van der Waals surface area contributed by atoms with Crippen molar-refractivity contribution in [3.8, 4) is 0 Å². The number of nitro groups is 1. The highest BCUT2D eigenvalue weighted by atomic mass is 79.9. The van der Waals surface area contributed by atoms with Crippen LogP contribution in [0, 0.1) is 16.0 Å². The van der Waals surface area contributed by atoms with Gasteiger partial charge in [0.1, 0.15) is 0 Å². The van der Waals surface area contributed by atoms with Crippen molar-refractivity contribution >= 4 is 33.4 Å². The van der Waals surface area contributed by atoms with Crippen LogP contribution in [0.2, 0.25) is 0 Å². The number of nitrogens with one attached hydrogen (secondary N) is 1. The van der Waals surface area contributed by atoms with Crippen LogP contribution in [0.15, 0.2) is 22.7 Å². The molecule has 0 radical (unpaired) electrons. The molecule has 1 unspecified atom stereocenters. The van der Waals surface area contributed by atoms with Gasteiger partial charge >= 0.3 is 0 Å². The molecule has 1 heterocycles. The Morgan fingerprint density at radius 3 is 3.06 bits per heavy atom. The van der Waals surface area contributed by atoms with Crippen LogP contribution < -0.4 is 5.32 Å². The van der Waals surface area contributed by atoms with Crippen LogP contribution in [0.25, 0.3) is 0 Å². The molecule has 0 spiro atoms. The molecule has 98 valence electrons. The van der Waals surface area contributed by atoms with Crippen molar-refractivity contribution in [3.05, 3.63) is 38.3 Å². The van der Waals surface area contributed by atoms with E-state index in [2.05, 4.69) is 21.2 Å². The first kappa shape index (κ1) is 13.8. The van der Waals surface area contributed by atoms with Crippen molar-refractivity contribution in [1.82, 2.24) is 5.32 Å². The van der Waals surface area contributed by atoms with E-state index in [-0.39, 0.29) is 10.6 Å². The van der Waals surface area contributed by atoms with Gasteiger partial charge in [0.2, 0.25) is 0 Å². The van der Waals surface area contributed by atoms with Crippen LogP contribution >= 0.6 is 27.7 Å². The summed E-state index contributed by atoms with van der Waals surface area (Å²) in [5, 5.41) is 14.3. The van der Waals surface area contributed by atoms with Gasteiger partial charge in [-0.1, -0.05) is 15.9 Å². The lowest BCUT2D eigenvalue weighted by molar-refractivity contribution is -0.385. The normalized spacial score (nSPS) is 19.1. The zero-order valence-electron chi connectivity index (χ0n) is 9.89. The highest BCUT2D eigenvalue weighted by Gasteiger charge is 2.17. The topological polar surface area (TPSA) is 55.2 Å². The number of halogens is 1. The summed E-state index contributed by atoms with van der Waals surface area (Å²) in [6, 6.07) is 5.20. The van der Waals surface area contributed by atoms with Gasteiger partial charge in [-0.2, -0.15) is 11.8 Å². The second kappa shape index (κ2) is 6.54. The van der Waals surface area contributed by atoms with Crippen LogP contribution in [-0.2, 0) is 6.54 Å². The molecule has 1 fully saturated rings. The number of thioether (sulfide) groups is 1. The smallest absolute Gasteiger partial charge is 0.275 e. The minimum atomic E-state index is -0.326. The summed E-state index contributed by atoms with van der Waals surface area (Å²) in [5.41, 5.74) is 0.923. The zero-order valence-corrected chi connectivity index (χ0v) is 12.3. The van der Waals surface area contributed by atoms with Crippen LogP contribution in [0.1, 0.15) is 12.0 Å². The third kappa shape index (κ3) is 3.70. The molecule has 1 aliphatic rings. The molecule has 0 aromatic heterocycles. The predicted molar refractivity (Wildman–Crippen MR) is 77.9 cm³/mol. The fourth-order valence-electron chi connectivity index (χ4n) is 2.01. The lowest BCUT2D eigenvalue weighted by Crippen LogP contribution is -2.22. The van der Waals surface area contributed by atoms with E-state index in [1.54, 1.807) is 12.1 Å². The molecule has 0 amide bonds. The van der Waals surface area contributed by atoms with E-state index in [0.717, 1.165) is 16.6 Å². The molecule has 0 bridgehead atoms. The van der Waals surface area contributed by atoms with Crippen molar-refractivity contribution in [2.24, 2.45) is 5.92 Å². The SMILES string of the molecule is O=[N+]([O-])c1cc(Br)ccc1CNCC1CCSC1. The van der Waals surface area contributed by atoms with Crippen molar-refractivity contribution in [2.45, 2.75) is 13.0 Å². The van der Waals surface area contributed by atoms with Crippen LogP contribution in [0.5, 0.6) is 0 Å². The minimum Gasteiger partial charge on any atom is -0.312 e. The largest absolute Gasteiger partial charge is 0.312 e. The van der Waals surface area contributed by atoms with Gasteiger partial charge < -0.3 is 5.32 Å². The average molecular weight is 331 g/mol. The van der Waals surface area contributed by atoms with Crippen molar-refractivity contribution in [3.63, 3.8) is 0 Å². The Kier molecular flexibility index (Phi) is 5.03. The summed E-state index contributed by atoms with van der Waals surface area (Å²) >= 11 is 5.24. The Hall–Kier alpha value is -0.590. The van der Waals surface area contributed by atoms with Gasteiger partial charge in [0, 0.05) is 22.6 Å². The number of nitrogens with zero attached hydrogens (tertiary/aromatic N) is 1. The molecule has 1 N–H and O–H groups in total. The second-order valence-electron chi connectivity index (χ2n) is 4.39. The molecule has 0 aliphatic carbocycles. The van der Waals surface area contributed by atoms with Crippen molar-refractivity contribution in [1.29, 1.82) is 0 Å². The highest BCUT2D eigenvalue weighted by molar-refractivity contribution is 9.10. The number of hydrogen-bond donors (Lipinski definition) is 1. The van der Waals surface area contributed by atoms with E-state index in [0.29, 0.717) is 12.5 Å². The lowest BCUT2D eigenvalue weighted by Gasteiger charge is -2.10. The molecular formula is C12H15BrN2O2S. The Balaban J connectivity index is 1.93. The number of nitro benzene ring substituents is 1. The van der Waals surface area contributed by atoms with Crippen molar-refractivity contribution in [2.75, 3.05) is 18.1 Å². The number of hydrogen-bond acceptors (Lipinski definition) is 4. The Bertz CT molecular complexity index is 436. The highest BCUT2D eigenvalue weighted by Crippen LogP contribution is 2.25. The average Bonchev–Trinajstić information content (AvgIpc) is 2.84. The van der Waals surface area contributed by atoms with E-state index >= 15 is 0 Å². The van der Waals surface area contributed by atoms with Crippen molar-refractivity contribution < 1.29 is 4.92 Å². The fourth-order valence-corrected chi connectivity index (χ4v) is 3.65. The quantitative estimate of drug-likeness (QED) is 0.665. The zero-order chi connectivity index (χ0) is 13.0. The molecule has 1 atom stereocenters. The third-order valence-electron chi connectivity index (χ3n) is 3.02. The lowest BCUT2D eigenvalue weighted by atomic mass is 10.1. The van der Waals surface area contributed by atoms with E-state index in [1.165, 1.54) is 17.9 Å². The molecule has 2 rings (SSSR count). The second-order valence-corrected chi connectivity index (χ2v) is 6.46. The first-order valence-corrected chi connectivity index (χ1v) is 7.83. The molecule has 6 heteroatoms. The summed E-state index contributed by atoms with van der Waals surface area (Å²) in [7, 11) is 0. The molecule has 1 aromatic rings. The molecule has 18 heavy (non-hydrogen) atoms. The Morgan fingerprint density at radius 2 is 2.39 bits per heavy atom.